The van der Waals surface area contributed by atoms with Gasteiger partial charge in [0.05, 0.1) is 15.7 Å². The van der Waals surface area contributed by atoms with Crippen molar-refractivity contribution in [1.82, 2.24) is 4.57 Å². The number of benzene rings is 6. The minimum atomic E-state index is 1.20. The van der Waals surface area contributed by atoms with Gasteiger partial charge in [-0.1, -0.05) is 103 Å². The summed E-state index contributed by atoms with van der Waals surface area (Å²) in [5, 5.41) is 5.30. The van der Waals surface area contributed by atoms with Gasteiger partial charge >= 0.3 is 0 Å². The SMILES string of the molecule is c1ccc(-n2c3ccccc3c3sc4c(-c5ccc(-c6ccc7sc8ccccc8c7c6)cc5)cccc4c32)cc1. The Morgan fingerprint density at radius 2 is 1.10 bits per heavy atom. The number of rotatable bonds is 3. The Hall–Kier alpha value is -4.70. The molecule has 0 radical (unpaired) electrons. The molecule has 0 unspecified atom stereocenters. The average molecular weight is 558 g/mol. The molecule has 0 aliphatic carbocycles. The van der Waals surface area contributed by atoms with Gasteiger partial charge in [0, 0.05) is 41.3 Å². The third-order valence-electron chi connectivity index (χ3n) is 8.22. The van der Waals surface area contributed by atoms with Crippen LogP contribution in [0.3, 0.4) is 0 Å². The van der Waals surface area contributed by atoms with Crippen molar-refractivity contribution in [2.45, 2.75) is 0 Å². The highest BCUT2D eigenvalue weighted by Gasteiger charge is 2.19. The summed E-state index contributed by atoms with van der Waals surface area (Å²) in [5.74, 6) is 0. The molecule has 6 aromatic carbocycles. The van der Waals surface area contributed by atoms with E-state index in [1.54, 1.807) is 0 Å². The van der Waals surface area contributed by atoms with Gasteiger partial charge in [0.1, 0.15) is 0 Å². The number of para-hydroxylation sites is 2. The lowest BCUT2D eigenvalue weighted by Crippen LogP contribution is -1.92. The molecule has 0 aliphatic heterocycles. The monoisotopic (exact) mass is 557 g/mol. The van der Waals surface area contributed by atoms with Crippen LogP contribution in [0.5, 0.6) is 0 Å². The van der Waals surface area contributed by atoms with E-state index in [2.05, 4.69) is 144 Å². The Morgan fingerprint density at radius 1 is 0.415 bits per heavy atom. The second kappa shape index (κ2) is 8.90. The summed E-state index contributed by atoms with van der Waals surface area (Å²) in [6, 6.07) is 51.0. The zero-order valence-corrected chi connectivity index (χ0v) is 23.7. The standard InChI is InChI=1S/C38H23NS2/c1-2-9-27(10-3-1)39-33-15-6-4-12-30(33)38-36(39)31-14-8-13-28(37(31)41-38)25-19-17-24(18-20-25)26-21-22-35-32(23-26)29-11-5-7-16-34(29)40-35/h1-23H. The van der Waals surface area contributed by atoms with Gasteiger partial charge in [-0.2, -0.15) is 0 Å². The first kappa shape index (κ1) is 23.0. The van der Waals surface area contributed by atoms with Crippen LogP contribution in [-0.4, -0.2) is 4.57 Å². The lowest BCUT2D eigenvalue weighted by molar-refractivity contribution is 1.19. The number of nitrogens with zero attached hydrogens (tertiary/aromatic N) is 1. The van der Waals surface area contributed by atoms with Crippen LogP contribution in [0.4, 0.5) is 0 Å². The molecular formula is C38H23NS2. The molecule has 3 heterocycles. The molecule has 0 bridgehead atoms. The number of hydrogen-bond acceptors (Lipinski definition) is 2. The summed E-state index contributed by atoms with van der Waals surface area (Å²) in [6.45, 7) is 0. The van der Waals surface area contributed by atoms with E-state index in [1.807, 2.05) is 22.7 Å². The first-order chi connectivity index (χ1) is 20.3. The van der Waals surface area contributed by atoms with Crippen LogP contribution in [0.1, 0.15) is 0 Å². The fourth-order valence-corrected chi connectivity index (χ4v) is 8.75. The maximum Gasteiger partial charge on any atom is 0.0727 e. The summed E-state index contributed by atoms with van der Waals surface area (Å²) in [4.78, 5) is 0. The Morgan fingerprint density at radius 3 is 1.98 bits per heavy atom. The van der Waals surface area contributed by atoms with Crippen LogP contribution in [0, 0.1) is 0 Å². The molecule has 0 saturated heterocycles. The van der Waals surface area contributed by atoms with E-state index in [4.69, 9.17) is 0 Å². The topological polar surface area (TPSA) is 4.93 Å². The molecule has 9 rings (SSSR count). The van der Waals surface area contributed by atoms with E-state index < -0.39 is 0 Å². The van der Waals surface area contributed by atoms with Crippen LogP contribution >= 0.6 is 22.7 Å². The fraction of sp³-hybridized carbons (Fsp3) is 0. The molecule has 3 aromatic heterocycles. The van der Waals surface area contributed by atoms with E-state index in [1.165, 1.54) is 79.3 Å². The molecule has 0 atom stereocenters. The van der Waals surface area contributed by atoms with Crippen molar-refractivity contribution in [2.24, 2.45) is 0 Å². The fourth-order valence-electron chi connectivity index (χ4n) is 6.31. The molecule has 9 aromatic rings. The van der Waals surface area contributed by atoms with Crippen LogP contribution in [-0.2, 0) is 0 Å². The number of aromatic nitrogens is 1. The van der Waals surface area contributed by atoms with Gasteiger partial charge in [-0.15, -0.1) is 22.7 Å². The number of fused-ring (bicyclic) bond motifs is 8. The van der Waals surface area contributed by atoms with Gasteiger partial charge in [0.2, 0.25) is 0 Å². The van der Waals surface area contributed by atoms with Crippen molar-refractivity contribution >= 4 is 74.1 Å². The van der Waals surface area contributed by atoms with E-state index >= 15 is 0 Å². The maximum atomic E-state index is 2.43. The summed E-state index contributed by atoms with van der Waals surface area (Å²) < 4.78 is 7.81. The molecule has 0 fully saturated rings. The molecule has 1 nitrogen and oxygen atoms in total. The summed E-state index contributed by atoms with van der Waals surface area (Å²) >= 11 is 3.78. The highest BCUT2D eigenvalue weighted by atomic mass is 32.1. The maximum absolute atomic E-state index is 2.43. The lowest BCUT2D eigenvalue weighted by atomic mass is 9.98. The smallest absolute Gasteiger partial charge is 0.0727 e. The molecular weight excluding hydrogens is 535 g/mol. The van der Waals surface area contributed by atoms with Gasteiger partial charge in [-0.3, -0.25) is 0 Å². The minimum absolute atomic E-state index is 1.20. The van der Waals surface area contributed by atoms with E-state index in [-0.39, 0.29) is 0 Å². The lowest BCUT2D eigenvalue weighted by Gasteiger charge is -2.09. The van der Waals surface area contributed by atoms with E-state index in [9.17, 15) is 0 Å². The zero-order chi connectivity index (χ0) is 26.9. The first-order valence-electron chi connectivity index (χ1n) is 13.9. The Kier molecular flexibility index (Phi) is 5.00. The number of thiophene rings is 2. The molecule has 0 amide bonds. The molecule has 0 spiro atoms. The quantitative estimate of drug-likeness (QED) is 0.204. The summed E-state index contributed by atoms with van der Waals surface area (Å²) in [6.07, 6.45) is 0. The third-order valence-corrected chi connectivity index (χ3v) is 10.6. The summed E-state index contributed by atoms with van der Waals surface area (Å²) in [7, 11) is 0. The first-order valence-corrected chi connectivity index (χ1v) is 15.5. The molecule has 0 aliphatic rings. The number of hydrogen-bond donors (Lipinski definition) is 0. The molecule has 192 valence electrons. The van der Waals surface area contributed by atoms with E-state index in [0.29, 0.717) is 0 Å². The van der Waals surface area contributed by atoms with Gasteiger partial charge in [0.15, 0.2) is 0 Å². The van der Waals surface area contributed by atoms with Gasteiger partial charge < -0.3 is 4.57 Å². The molecule has 41 heavy (non-hydrogen) atoms. The molecule has 3 heteroatoms. The highest BCUT2D eigenvalue weighted by molar-refractivity contribution is 7.27. The predicted octanol–water partition coefficient (Wildman–Crippen LogP) is 11.7. The normalized spacial score (nSPS) is 11.9. The third kappa shape index (κ3) is 3.46. The van der Waals surface area contributed by atoms with Crippen LogP contribution in [0.2, 0.25) is 0 Å². The van der Waals surface area contributed by atoms with Crippen molar-refractivity contribution < 1.29 is 0 Å². The zero-order valence-electron chi connectivity index (χ0n) is 22.0. The Bertz CT molecular complexity index is 2400. The second-order valence-electron chi connectivity index (χ2n) is 10.5. The van der Waals surface area contributed by atoms with Crippen molar-refractivity contribution in [3.63, 3.8) is 0 Å². The van der Waals surface area contributed by atoms with E-state index in [0.717, 1.165) is 0 Å². The minimum Gasteiger partial charge on any atom is -0.308 e. The van der Waals surface area contributed by atoms with Gasteiger partial charge in [-0.25, -0.2) is 0 Å². The van der Waals surface area contributed by atoms with Crippen molar-refractivity contribution in [3.8, 4) is 27.9 Å². The highest BCUT2D eigenvalue weighted by Crippen LogP contribution is 2.45. The Balaban J connectivity index is 1.20. The van der Waals surface area contributed by atoms with Crippen LogP contribution in [0.25, 0.3) is 79.3 Å². The average Bonchev–Trinajstić information content (AvgIpc) is 3.70. The second-order valence-corrected chi connectivity index (χ2v) is 12.6. The molecule has 0 saturated carbocycles. The Labute approximate surface area is 245 Å². The largest absolute Gasteiger partial charge is 0.308 e. The van der Waals surface area contributed by atoms with Gasteiger partial charge in [-0.05, 0) is 58.7 Å². The van der Waals surface area contributed by atoms with Crippen molar-refractivity contribution in [1.29, 1.82) is 0 Å². The summed E-state index contributed by atoms with van der Waals surface area (Å²) in [5.41, 5.74) is 8.80. The van der Waals surface area contributed by atoms with Gasteiger partial charge in [0.25, 0.3) is 0 Å². The van der Waals surface area contributed by atoms with Crippen LogP contribution in [0.15, 0.2) is 140 Å². The molecule has 0 N–H and O–H groups in total. The van der Waals surface area contributed by atoms with Crippen molar-refractivity contribution in [2.75, 3.05) is 0 Å². The van der Waals surface area contributed by atoms with Crippen LogP contribution < -0.4 is 0 Å². The van der Waals surface area contributed by atoms with Crippen molar-refractivity contribution in [3.05, 3.63) is 140 Å². The predicted molar refractivity (Wildman–Crippen MR) is 180 cm³/mol.